The van der Waals surface area contributed by atoms with E-state index in [9.17, 15) is 22.8 Å². The summed E-state index contributed by atoms with van der Waals surface area (Å²) in [5.41, 5.74) is 8.62. The minimum absolute atomic E-state index is 0.283. The number of carbonyl (C=O) groups is 3. The summed E-state index contributed by atoms with van der Waals surface area (Å²) in [6, 6.07) is 10.7. The lowest BCUT2D eigenvalue weighted by Crippen LogP contribution is -2.37. The largest absolute Gasteiger partial charge is 0.490 e. The van der Waals surface area contributed by atoms with E-state index in [2.05, 4.69) is 20.2 Å². The van der Waals surface area contributed by atoms with Gasteiger partial charge in [-0.1, -0.05) is 35.3 Å². The molecular weight excluding hydrogens is 622 g/mol. The molecular formula is C26H20Cl2F3N5O5S. The molecule has 0 radical (unpaired) electrons. The summed E-state index contributed by atoms with van der Waals surface area (Å²) in [4.78, 5) is 45.1. The summed E-state index contributed by atoms with van der Waals surface area (Å²) >= 11 is 13.6. The molecule has 2 fully saturated rings. The number of fused-ring (bicyclic) bond motifs is 1. The first kappa shape index (κ1) is 31.1. The summed E-state index contributed by atoms with van der Waals surface area (Å²) in [5, 5.41) is 11.8. The number of aliphatic imine (C=N–C) groups is 1. The van der Waals surface area contributed by atoms with Crippen LogP contribution in [0, 0.1) is 0 Å². The predicted molar refractivity (Wildman–Crippen MR) is 154 cm³/mol. The number of alkyl halides is 3. The number of thioether (sulfide) groups is 1. The third-order valence-electron chi connectivity index (χ3n) is 5.80. The number of carbonyl (C=O) groups excluding carboxylic acids is 2. The van der Waals surface area contributed by atoms with Crippen LogP contribution in [0.5, 0.6) is 0 Å². The molecule has 3 heterocycles. The Morgan fingerprint density at radius 2 is 1.81 bits per heavy atom. The number of ether oxygens (including phenoxy) is 1. The smallest absolute Gasteiger partial charge is 0.475 e. The van der Waals surface area contributed by atoms with E-state index in [-0.39, 0.29) is 5.91 Å². The Kier molecular flexibility index (Phi) is 9.61. The van der Waals surface area contributed by atoms with E-state index < -0.39 is 18.1 Å². The number of nitrogens with two attached hydrogens (primary N) is 1. The highest BCUT2D eigenvalue weighted by molar-refractivity contribution is 8.18. The number of aromatic nitrogens is 1. The number of primary amides is 1. The van der Waals surface area contributed by atoms with Gasteiger partial charge in [0.1, 0.15) is 5.69 Å². The molecule has 2 aliphatic heterocycles. The number of aliphatic carboxylic acids is 1. The summed E-state index contributed by atoms with van der Waals surface area (Å²) < 4.78 is 37.2. The van der Waals surface area contributed by atoms with Crippen LogP contribution >= 0.6 is 35.0 Å². The van der Waals surface area contributed by atoms with Crippen LogP contribution in [0.4, 0.5) is 24.5 Å². The van der Waals surface area contributed by atoms with Gasteiger partial charge in [0.05, 0.1) is 44.9 Å². The second kappa shape index (κ2) is 13.0. The van der Waals surface area contributed by atoms with E-state index in [0.717, 1.165) is 22.2 Å². The molecule has 3 aromatic rings. The van der Waals surface area contributed by atoms with E-state index in [1.54, 1.807) is 24.3 Å². The summed E-state index contributed by atoms with van der Waals surface area (Å²) in [6.45, 7) is 2.38. The van der Waals surface area contributed by atoms with Crippen molar-refractivity contribution in [3.05, 3.63) is 68.7 Å². The van der Waals surface area contributed by atoms with Crippen molar-refractivity contribution in [2.75, 3.05) is 31.2 Å². The Hall–Kier alpha value is -3.85. The number of carboxylic acids is 1. The third-order valence-corrected chi connectivity index (χ3v) is 7.32. The van der Waals surface area contributed by atoms with Gasteiger partial charge in [0, 0.05) is 24.7 Å². The zero-order chi connectivity index (χ0) is 30.6. The topological polar surface area (TPSA) is 147 Å². The minimum Gasteiger partial charge on any atom is -0.475 e. The lowest BCUT2D eigenvalue weighted by molar-refractivity contribution is -0.192. The second-order valence-electron chi connectivity index (χ2n) is 8.62. The fourth-order valence-electron chi connectivity index (χ4n) is 3.92. The number of hydrogen-bond donors (Lipinski definition) is 3. The van der Waals surface area contributed by atoms with Gasteiger partial charge < -0.3 is 25.8 Å². The number of benzene rings is 2. The fraction of sp³-hybridized carbons (Fsp3) is 0.192. The van der Waals surface area contributed by atoms with Crippen molar-refractivity contribution in [2.45, 2.75) is 6.18 Å². The molecule has 2 aromatic carbocycles. The maximum absolute atomic E-state index is 12.6. The van der Waals surface area contributed by atoms with Gasteiger partial charge in [-0.3, -0.25) is 14.6 Å². The Balaban J connectivity index is 0.000000517. The van der Waals surface area contributed by atoms with Crippen molar-refractivity contribution >= 4 is 86.3 Å². The molecule has 4 N–H and O–H groups in total. The van der Waals surface area contributed by atoms with Crippen molar-refractivity contribution in [3.63, 3.8) is 0 Å². The number of halogens is 5. The van der Waals surface area contributed by atoms with Crippen LogP contribution in [-0.4, -0.2) is 65.5 Å². The first-order valence-electron chi connectivity index (χ1n) is 11.9. The zero-order valence-electron chi connectivity index (χ0n) is 21.2. The first-order chi connectivity index (χ1) is 19.8. The van der Waals surface area contributed by atoms with Crippen LogP contribution in [0.25, 0.3) is 17.0 Å². The van der Waals surface area contributed by atoms with Crippen LogP contribution in [0.3, 0.4) is 0 Å². The number of hydrogen-bond acceptors (Lipinski definition) is 8. The Morgan fingerprint density at radius 1 is 1.17 bits per heavy atom. The monoisotopic (exact) mass is 641 g/mol. The number of nitrogens with one attached hydrogen (secondary N) is 1. The number of amides is 2. The maximum Gasteiger partial charge on any atom is 0.490 e. The second-order valence-corrected chi connectivity index (χ2v) is 10.5. The number of anilines is 1. The highest BCUT2D eigenvalue weighted by atomic mass is 35.5. The molecule has 0 aliphatic carbocycles. The molecule has 0 atom stereocenters. The molecule has 2 aliphatic rings. The van der Waals surface area contributed by atoms with Crippen molar-refractivity contribution in [2.24, 2.45) is 10.7 Å². The van der Waals surface area contributed by atoms with Crippen LogP contribution in [0.2, 0.25) is 10.0 Å². The van der Waals surface area contributed by atoms with Gasteiger partial charge in [0.2, 0.25) is 0 Å². The normalized spacial score (nSPS) is 17.3. The predicted octanol–water partition coefficient (Wildman–Crippen LogP) is 5.00. The van der Waals surface area contributed by atoms with Gasteiger partial charge in [-0.15, -0.1) is 0 Å². The molecule has 2 saturated heterocycles. The number of amidine groups is 1. The van der Waals surface area contributed by atoms with Gasteiger partial charge >= 0.3 is 12.1 Å². The number of morpholine rings is 1. The van der Waals surface area contributed by atoms with Crippen LogP contribution in [0.1, 0.15) is 15.9 Å². The maximum atomic E-state index is 12.6. The molecule has 42 heavy (non-hydrogen) atoms. The van der Waals surface area contributed by atoms with Gasteiger partial charge in [0.25, 0.3) is 11.8 Å². The zero-order valence-corrected chi connectivity index (χ0v) is 23.6. The fourth-order valence-corrected chi connectivity index (χ4v) is 5.23. The molecule has 0 unspecified atom stereocenters. The summed E-state index contributed by atoms with van der Waals surface area (Å²) in [6.07, 6.45) is -1.81. The number of pyridine rings is 1. The molecule has 0 bridgehead atoms. The molecule has 220 valence electrons. The van der Waals surface area contributed by atoms with E-state index >= 15 is 0 Å². The number of para-hydroxylation sites is 1. The summed E-state index contributed by atoms with van der Waals surface area (Å²) in [5.74, 6) is -3.59. The van der Waals surface area contributed by atoms with E-state index in [1.165, 1.54) is 18.0 Å². The number of carboxylic acid groups (broad SMARTS) is 1. The average molecular weight is 642 g/mol. The number of nitrogens with zero attached hydrogens (tertiary/aromatic N) is 3. The molecule has 5 rings (SSSR count). The Bertz CT molecular complexity index is 1610. The minimum atomic E-state index is -5.08. The highest BCUT2D eigenvalue weighted by Gasteiger charge is 2.38. The standard InChI is InChI=1S/C24H19Cl2N5O3S.C2HF3O2/c25-16-2-1-3-17(26)20(16)29-24-30-23(33)19(35-24)11-13-4-5-18-14(10-13)21(15(12-28-18)22(27)32)31-6-8-34-9-7-31;3-2(4,5)1(6)7/h1-5,10-12H,6-9H2,(H2,27,32)(H,29,30,33);(H,6,7)/b19-11+;. The van der Waals surface area contributed by atoms with Crippen molar-refractivity contribution in [1.82, 2.24) is 10.3 Å². The van der Waals surface area contributed by atoms with E-state index in [1.807, 2.05) is 18.2 Å². The Morgan fingerprint density at radius 3 is 2.40 bits per heavy atom. The van der Waals surface area contributed by atoms with Crippen molar-refractivity contribution < 1.29 is 37.4 Å². The van der Waals surface area contributed by atoms with Crippen LogP contribution in [-0.2, 0) is 14.3 Å². The Labute approximate surface area is 250 Å². The third kappa shape index (κ3) is 7.31. The van der Waals surface area contributed by atoms with E-state index in [4.69, 9.17) is 43.6 Å². The van der Waals surface area contributed by atoms with Gasteiger partial charge in [0.15, 0.2) is 5.17 Å². The molecule has 16 heteroatoms. The molecule has 1 aromatic heterocycles. The molecule has 0 saturated carbocycles. The first-order valence-corrected chi connectivity index (χ1v) is 13.5. The lowest BCUT2D eigenvalue weighted by Gasteiger charge is -2.31. The molecule has 10 nitrogen and oxygen atoms in total. The van der Waals surface area contributed by atoms with E-state index in [0.29, 0.717) is 57.7 Å². The SMILES string of the molecule is NC(=O)c1cnc2ccc(/C=C3/SC(=Nc4c(Cl)cccc4Cl)NC3=O)cc2c1N1CCOCC1.O=C(O)C(F)(F)F. The number of rotatable bonds is 4. The highest BCUT2D eigenvalue weighted by Crippen LogP contribution is 2.36. The van der Waals surface area contributed by atoms with Crippen LogP contribution in [0.15, 0.2) is 52.5 Å². The van der Waals surface area contributed by atoms with Gasteiger partial charge in [-0.05, 0) is 47.7 Å². The van der Waals surface area contributed by atoms with Gasteiger partial charge in [-0.25, -0.2) is 9.79 Å². The van der Waals surface area contributed by atoms with Crippen molar-refractivity contribution in [3.8, 4) is 0 Å². The quantitative estimate of drug-likeness (QED) is 0.337. The summed E-state index contributed by atoms with van der Waals surface area (Å²) in [7, 11) is 0. The lowest BCUT2D eigenvalue weighted by atomic mass is 10.0. The van der Waals surface area contributed by atoms with Gasteiger partial charge in [-0.2, -0.15) is 13.2 Å². The van der Waals surface area contributed by atoms with Crippen molar-refractivity contribution in [1.29, 1.82) is 0 Å². The average Bonchev–Trinajstić information content (AvgIpc) is 3.28. The molecule has 0 spiro atoms. The molecule has 2 amide bonds. The van der Waals surface area contributed by atoms with Crippen LogP contribution < -0.4 is 16.0 Å².